The van der Waals surface area contributed by atoms with Gasteiger partial charge in [-0.2, -0.15) is 0 Å². The number of carbonyl (C=O) groups is 1. The van der Waals surface area contributed by atoms with Crippen molar-refractivity contribution < 1.29 is 14.3 Å². The van der Waals surface area contributed by atoms with Crippen LogP contribution >= 0.6 is 0 Å². The van der Waals surface area contributed by atoms with Crippen LogP contribution in [0.25, 0.3) is 0 Å². The maximum atomic E-state index is 13.9. The van der Waals surface area contributed by atoms with E-state index in [4.69, 9.17) is 0 Å². The molecule has 0 saturated heterocycles. The molecule has 1 fully saturated rings. The summed E-state index contributed by atoms with van der Waals surface area (Å²) in [4.78, 5) is 11.5. The number of rotatable bonds is 2. The highest BCUT2D eigenvalue weighted by Crippen LogP contribution is 2.47. The van der Waals surface area contributed by atoms with Crippen molar-refractivity contribution in [2.75, 3.05) is 0 Å². The quantitative estimate of drug-likeness (QED) is 0.881. The molecule has 3 heteroatoms. The number of carboxylic acids is 1. The second-order valence-corrected chi connectivity index (χ2v) is 5.86. The normalized spacial score (nSPS) is 27.2. The Morgan fingerprint density at radius 3 is 2.63 bits per heavy atom. The van der Waals surface area contributed by atoms with Crippen molar-refractivity contribution in [3.63, 3.8) is 0 Å². The molecule has 0 aromatic heterocycles. The van der Waals surface area contributed by atoms with E-state index in [9.17, 15) is 14.3 Å². The lowest BCUT2D eigenvalue weighted by Gasteiger charge is -2.35. The monoisotopic (exact) mass is 262 g/mol. The van der Waals surface area contributed by atoms with Crippen LogP contribution in [0.4, 0.5) is 4.39 Å². The van der Waals surface area contributed by atoms with E-state index in [1.54, 1.807) is 6.07 Å². The summed E-state index contributed by atoms with van der Waals surface area (Å²) < 4.78 is 13.9. The Labute approximate surface area is 112 Å². The van der Waals surface area contributed by atoms with Gasteiger partial charge in [0, 0.05) is 5.92 Å². The van der Waals surface area contributed by atoms with Crippen molar-refractivity contribution >= 4 is 5.97 Å². The highest BCUT2D eigenvalue weighted by Gasteiger charge is 2.40. The molecule has 0 spiro atoms. The minimum atomic E-state index is -0.716. The standard InChI is InChI=1S/C16H19FO2/c17-14-7-3-6-12-11(14)8-9-13(16(18)19)15(12)10-4-1-2-5-10/h3,6-7,10,13,15H,1-2,4-5,8-9H2,(H,18,19). The van der Waals surface area contributed by atoms with Gasteiger partial charge in [-0.1, -0.05) is 25.0 Å². The van der Waals surface area contributed by atoms with Gasteiger partial charge < -0.3 is 5.11 Å². The maximum Gasteiger partial charge on any atom is 0.307 e. The molecule has 2 aliphatic carbocycles. The Hall–Kier alpha value is -1.38. The van der Waals surface area contributed by atoms with Crippen molar-refractivity contribution in [1.29, 1.82) is 0 Å². The van der Waals surface area contributed by atoms with Gasteiger partial charge in [0.1, 0.15) is 5.82 Å². The van der Waals surface area contributed by atoms with E-state index in [2.05, 4.69) is 0 Å². The van der Waals surface area contributed by atoms with Gasteiger partial charge in [0.15, 0.2) is 0 Å². The molecule has 0 amide bonds. The minimum absolute atomic E-state index is 0.0134. The van der Waals surface area contributed by atoms with Crippen molar-refractivity contribution in [1.82, 2.24) is 0 Å². The highest BCUT2D eigenvalue weighted by molar-refractivity contribution is 5.72. The van der Waals surface area contributed by atoms with Crippen molar-refractivity contribution in [3.05, 3.63) is 35.1 Å². The number of fused-ring (bicyclic) bond motifs is 1. The van der Waals surface area contributed by atoms with Crippen LogP contribution in [0.3, 0.4) is 0 Å². The zero-order valence-electron chi connectivity index (χ0n) is 10.9. The Bertz CT molecular complexity index is 492. The van der Waals surface area contributed by atoms with Crippen LogP contribution < -0.4 is 0 Å². The van der Waals surface area contributed by atoms with Crippen molar-refractivity contribution in [2.45, 2.75) is 44.4 Å². The molecule has 2 aliphatic rings. The van der Waals surface area contributed by atoms with E-state index in [1.165, 1.54) is 18.9 Å². The molecular formula is C16H19FO2. The zero-order valence-corrected chi connectivity index (χ0v) is 10.9. The minimum Gasteiger partial charge on any atom is -0.481 e. The highest BCUT2D eigenvalue weighted by atomic mass is 19.1. The number of hydrogen-bond acceptors (Lipinski definition) is 1. The lowest BCUT2D eigenvalue weighted by molar-refractivity contribution is -0.143. The summed E-state index contributed by atoms with van der Waals surface area (Å²) in [7, 11) is 0. The van der Waals surface area contributed by atoms with E-state index in [1.807, 2.05) is 6.07 Å². The third kappa shape index (κ3) is 2.15. The van der Waals surface area contributed by atoms with Gasteiger partial charge in [0.2, 0.25) is 0 Å². The first-order valence-electron chi connectivity index (χ1n) is 7.18. The Kier molecular flexibility index (Phi) is 3.29. The summed E-state index contributed by atoms with van der Waals surface area (Å²) in [6.07, 6.45) is 5.66. The molecule has 2 atom stereocenters. The van der Waals surface area contributed by atoms with E-state index < -0.39 is 5.97 Å². The Morgan fingerprint density at radius 2 is 1.95 bits per heavy atom. The lowest BCUT2D eigenvalue weighted by atomic mass is 9.68. The molecular weight excluding hydrogens is 243 g/mol. The molecule has 0 bridgehead atoms. The predicted molar refractivity (Wildman–Crippen MR) is 70.5 cm³/mol. The molecule has 1 saturated carbocycles. The molecule has 1 N–H and O–H groups in total. The zero-order chi connectivity index (χ0) is 13.4. The smallest absolute Gasteiger partial charge is 0.307 e. The van der Waals surface area contributed by atoms with Gasteiger partial charge in [-0.05, 0) is 48.8 Å². The first-order chi connectivity index (χ1) is 9.18. The fraction of sp³-hybridized carbons (Fsp3) is 0.562. The Morgan fingerprint density at radius 1 is 1.21 bits per heavy atom. The van der Waals surface area contributed by atoms with E-state index in [0.717, 1.165) is 24.0 Å². The van der Waals surface area contributed by atoms with Crippen LogP contribution in [-0.2, 0) is 11.2 Å². The molecule has 0 heterocycles. The summed E-state index contributed by atoms with van der Waals surface area (Å²) in [5, 5.41) is 9.47. The molecule has 1 aromatic carbocycles. The van der Waals surface area contributed by atoms with E-state index in [-0.39, 0.29) is 17.7 Å². The molecule has 0 aliphatic heterocycles. The summed E-state index contributed by atoms with van der Waals surface area (Å²) in [5.41, 5.74) is 1.72. The van der Waals surface area contributed by atoms with Crippen molar-refractivity contribution in [2.24, 2.45) is 11.8 Å². The maximum absolute atomic E-state index is 13.9. The third-order valence-electron chi connectivity index (χ3n) is 4.88. The van der Waals surface area contributed by atoms with Crippen LogP contribution in [0.2, 0.25) is 0 Å². The second-order valence-electron chi connectivity index (χ2n) is 5.86. The van der Waals surface area contributed by atoms with E-state index >= 15 is 0 Å². The largest absolute Gasteiger partial charge is 0.481 e. The third-order valence-corrected chi connectivity index (χ3v) is 4.88. The summed E-state index contributed by atoms with van der Waals surface area (Å²) in [6, 6.07) is 5.16. The van der Waals surface area contributed by atoms with Gasteiger partial charge >= 0.3 is 5.97 Å². The van der Waals surface area contributed by atoms with Crippen LogP contribution in [0, 0.1) is 17.7 Å². The van der Waals surface area contributed by atoms with Gasteiger partial charge in [0.05, 0.1) is 5.92 Å². The topological polar surface area (TPSA) is 37.3 Å². The van der Waals surface area contributed by atoms with Crippen LogP contribution in [0.15, 0.2) is 18.2 Å². The van der Waals surface area contributed by atoms with Gasteiger partial charge in [-0.3, -0.25) is 4.79 Å². The fourth-order valence-electron chi connectivity index (χ4n) is 4.02. The molecule has 1 aromatic rings. The van der Waals surface area contributed by atoms with Crippen molar-refractivity contribution in [3.8, 4) is 0 Å². The Balaban J connectivity index is 2.04. The average molecular weight is 262 g/mol. The number of benzene rings is 1. The molecule has 2 unspecified atom stereocenters. The SMILES string of the molecule is O=C(O)C1CCc2c(F)cccc2C1C1CCCC1. The summed E-state index contributed by atoms with van der Waals surface area (Å²) in [5.74, 6) is -0.782. The summed E-state index contributed by atoms with van der Waals surface area (Å²) >= 11 is 0. The van der Waals surface area contributed by atoms with E-state index in [0.29, 0.717) is 18.8 Å². The molecule has 2 nitrogen and oxygen atoms in total. The second kappa shape index (κ2) is 4.95. The molecule has 102 valence electrons. The summed E-state index contributed by atoms with van der Waals surface area (Å²) in [6.45, 7) is 0. The fourth-order valence-corrected chi connectivity index (χ4v) is 4.02. The predicted octanol–water partition coefficient (Wildman–Crippen LogP) is 3.75. The first-order valence-corrected chi connectivity index (χ1v) is 7.18. The molecule has 19 heavy (non-hydrogen) atoms. The first kappa shape index (κ1) is 12.6. The molecule has 3 rings (SSSR count). The number of carboxylic acid groups (broad SMARTS) is 1. The average Bonchev–Trinajstić information content (AvgIpc) is 2.91. The lowest BCUT2D eigenvalue weighted by Crippen LogP contribution is -2.32. The van der Waals surface area contributed by atoms with Crippen LogP contribution in [0.1, 0.15) is 49.1 Å². The number of hydrogen-bond donors (Lipinski definition) is 1. The number of halogens is 1. The van der Waals surface area contributed by atoms with Crippen LogP contribution in [0.5, 0.6) is 0 Å². The van der Waals surface area contributed by atoms with Gasteiger partial charge in [0.25, 0.3) is 0 Å². The molecule has 0 radical (unpaired) electrons. The van der Waals surface area contributed by atoms with Gasteiger partial charge in [-0.25, -0.2) is 4.39 Å². The number of aliphatic carboxylic acids is 1. The van der Waals surface area contributed by atoms with Crippen LogP contribution in [-0.4, -0.2) is 11.1 Å². The van der Waals surface area contributed by atoms with Gasteiger partial charge in [-0.15, -0.1) is 0 Å².